The van der Waals surface area contributed by atoms with Gasteiger partial charge in [0.15, 0.2) is 0 Å². The van der Waals surface area contributed by atoms with Crippen LogP contribution in [0.15, 0.2) is 24.3 Å². The molecule has 0 aliphatic carbocycles. The second-order valence-electron chi connectivity index (χ2n) is 5.00. The molecule has 1 aromatic rings. The number of carbonyl (C=O) groups is 2. The molecule has 4 nitrogen and oxygen atoms in total. The highest BCUT2D eigenvalue weighted by molar-refractivity contribution is 5.82. The van der Waals surface area contributed by atoms with Gasteiger partial charge in [-0.1, -0.05) is 31.0 Å². The van der Waals surface area contributed by atoms with Crippen LogP contribution in [0.5, 0.6) is 5.75 Å². The largest absolute Gasteiger partial charge is 0.496 e. The average Bonchev–Trinajstić information content (AvgIpc) is 2.42. The van der Waals surface area contributed by atoms with E-state index in [4.69, 9.17) is 10.5 Å². The number of benzene rings is 1. The molecule has 0 aliphatic heterocycles. The fourth-order valence-corrected chi connectivity index (χ4v) is 2.30. The van der Waals surface area contributed by atoms with Crippen molar-refractivity contribution in [3.05, 3.63) is 29.8 Å². The molecule has 1 rings (SSSR count). The zero-order valence-electron chi connectivity index (χ0n) is 12.2. The van der Waals surface area contributed by atoms with Crippen molar-refractivity contribution in [2.75, 3.05) is 7.11 Å². The normalized spacial score (nSPS) is 11.9. The predicted octanol–water partition coefficient (Wildman–Crippen LogP) is 2.80. The molecule has 0 aliphatic rings. The number of nitrogens with two attached hydrogens (primary N) is 1. The summed E-state index contributed by atoms with van der Waals surface area (Å²) in [6.07, 6.45) is 3.97. The SMILES string of the molecule is COc1ccccc1C(CCCCCC(C)=O)C(N)=O. The number of hydrogen-bond donors (Lipinski definition) is 1. The number of ketones is 1. The Hall–Kier alpha value is -1.84. The van der Waals surface area contributed by atoms with Crippen LogP contribution in [-0.2, 0) is 9.59 Å². The maximum Gasteiger partial charge on any atom is 0.225 e. The average molecular weight is 277 g/mol. The summed E-state index contributed by atoms with van der Waals surface area (Å²) in [5.41, 5.74) is 6.35. The van der Waals surface area contributed by atoms with Gasteiger partial charge in [-0.3, -0.25) is 4.79 Å². The van der Waals surface area contributed by atoms with E-state index in [1.54, 1.807) is 14.0 Å². The smallest absolute Gasteiger partial charge is 0.225 e. The fraction of sp³-hybridized carbons (Fsp3) is 0.500. The maximum absolute atomic E-state index is 11.7. The van der Waals surface area contributed by atoms with Gasteiger partial charge in [0.2, 0.25) is 5.91 Å². The summed E-state index contributed by atoms with van der Waals surface area (Å²) < 4.78 is 5.28. The summed E-state index contributed by atoms with van der Waals surface area (Å²) in [5, 5.41) is 0. The molecule has 2 N–H and O–H groups in total. The van der Waals surface area contributed by atoms with E-state index in [0.717, 1.165) is 24.8 Å². The molecule has 0 radical (unpaired) electrons. The zero-order valence-corrected chi connectivity index (χ0v) is 12.2. The predicted molar refractivity (Wildman–Crippen MR) is 78.7 cm³/mol. The topological polar surface area (TPSA) is 69.4 Å². The lowest BCUT2D eigenvalue weighted by Gasteiger charge is -2.16. The van der Waals surface area contributed by atoms with Crippen molar-refractivity contribution < 1.29 is 14.3 Å². The van der Waals surface area contributed by atoms with E-state index in [1.807, 2.05) is 24.3 Å². The number of carbonyl (C=O) groups excluding carboxylic acids is 2. The van der Waals surface area contributed by atoms with Gasteiger partial charge >= 0.3 is 0 Å². The Kier molecular flexibility index (Phi) is 6.77. The molecule has 1 atom stereocenters. The summed E-state index contributed by atoms with van der Waals surface area (Å²) in [5.74, 6) is 0.241. The Morgan fingerprint density at radius 2 is 1.90 bits per heavy atom. The molecule has 4 heteroatoms. The minimum absolute atomic E-state index is 0.209. The number of primary amides is 1. The molecule has 1 unspecified atom stereocenters. The van der Waals surface area contributed by atoms with Crippen LogP contribution in [0.1, 0.15) is 50.5 Å². The lowest BCUT2D eigenvalue weighted by molar-refractivity contribution is -0.120. The van der Waals surface area contributed by atoms with E-state index in [2.05, 4.69) is 0 Å². The maximum atomic E-state index is 11.7. The third-order valence-corrected chi connectivity index (χ3v) is 3.38. The first-order chi connectivity index (χ1) is 9.56. The van der Waals surface area contributed by atoms with Gasteiger partial charge in [0, 0.05) is 12.0 Å². The molecule has 0 fully saturated rings. The van der Waals surface area contributed by atoms with Gasteiger partial charge in [-0.25, -0.2) is 0 Å². The van der Waals surface area contributed by atoms with Gasteiger partial charge in [-0.15, -0.1) is 0 Å². The first-order valence-electron chi connectivity index (χ1n) is 6.98. The quantitative estimate of drug-likeness (QED) is 0.706. The Morgan fingerprint density at radius 3 is 2.50 bits per heavy atom. The van der Waals surface area contributed by atoms with Gasteiger partial charge in [-0.2, -0.15) is 0 Å². The van der Waals surface area contributed by atoms with E-state index in [0.29, 0.717) is 18.6 Å². The van der Waals surface area contributed by atoms with Crippen molar-refractivity contribution in [2.24, 2.45) is 5.73 Å². The molecular weight excluding hydrogens is 254 g/mol. The standard InChI is InChI=1S/C16H23NO3/c1-12(18)8-4-3-5-10-14(16(17)19)13-9-6-7-11-15(13)20-2/h6-7,9,11,14H,3-5,8,10H2,1-2H3,(H2,17,19). The minimum atomic E-state index is -0.332. The fourth-order valence-electron chi connectivity index (χ4n) is 2.30. The van der Waals surface area contributed by atoms with Crippen LogP contribution in [0.25, 0.3) is 0 Å². The molecule has 0 saturated heterocycles. The van der Waals surface area contributed by atoms with Gasteiger partial charge in [0.25, 0.3) is 0 Å². The number of ether oxygens (including phenoxy) is 1. The molecule has 20 heavy (non-hydrogen) atoms. The first-order valence-corrected chi connectivity index (χ1v) is 6.98. The highest BCUT2D eigenvalue weighted by atomic mass is 16.5. The minimum Gasteiger partial charge on any atom is -0.496 e. The highest BCUT2D eigenvalue weighted by Crippen LogP contribution is 2.30. The summed E-state index contributed by atoms with van der Waals surface area (Å²) in [6.45, 7) is 1.60. The molecule has 1 aromatic carbocycles. The summed E-state index contributed by atoms with van der Waals surface area (Å²) in [6, 6.07) is 7.46. The third-order valence-electron chi connectivity index (χ3n) is 3.38. The monoisotopic (exact) mass is 277 g/mol. The first kappa shape index (κ1) is 16.2. The third kappa shape index (κ3) is 5.03. The highest BCUT2D eigenvalue weighted by Gasteiger charge is 2.20. The van der Waals surface area contributed by atoms with Gasteiger partial charge in [0.1, 0.15) is 11.5 Å². The number of para-hydroxylation sites is 1. The van der Waals surface area contributed by atoms with Crippen LogP contribution in [-0.4, -0.2) is 18.8 Å². The van der Waals surface area contributed by atoms with Gasteiger partial charge < -0.3 is 15.3 Å². The van der Waals surface area contributed by atoms with Crippen LogP contribution < -0.4 is 10.5 Å². The van der Waals surface area contributed by atoms with E-state index < -0.39 is 0 Å². The van der Waals surface area contributed by atoms with E-state index in [-0.39, 0.29) is 17.6 Å². The molecule has 1 amide bonds. The molecule has 0 saturated carbocycles. The van der Waals surface area contributed by atoms with Crippen LogP contribution in [0.2, 0.25) is 0 Å². The summed E-state index contributed by atoms with van der Waals surface area (Å²) in [7, 11) is 1.59. The number of unbranched alkanes of at least 4 members (excludes halogenated alkanes) is 2. The Balaban J connectivity index is 2.61. The number of amides is 1. The number of Topliss-reactive ketones (excluding diaryl/α,β-unsaturated/α-hetero) is 1. The Morgan fingerprint density at radius 1 is 1.20 bits per heavy atom. The van der Waals surface area contributed by atoms with Crippen LogP contribution in [0.4, 0.5) is 0 Å². The van der Waals surface area contributed by atoms with E-state index in [9.17, 15) is 9.59 Å². The van der Waals surface area contributed by atoms with Crippen LogP contribution in [0.3, 0.4) is 0 Å². The van der Waals surface area contributed by atoms with Crippen LogP contribution in [0, 0.1) is 0 Å². The van der Waals surface area contributed by atoms with Crippen molar-refractivity contribution in [3.63, 3.8) is 0 Å². The van der Waals surface area contributed by atoms with E-state index in [1.165, 1.54) is 0 Å². The van der Waals surface area contributed by atoms with Gasteiger partial charge in [0.05, 0.1) is 13.0 Å². The molecular formula is C16H23NO3. The lowest BCUT2D eigenvalue weighted by atomic mass is 9.91. The van der Waals surface area contributed by atoms with Crippen molar-refractivity contribution in [1.82, 2.24) is 0 Å². The Bertz CT molecular complexity index is 457. The van der Waals surface area contributed by atoms with E-state index >= 15 is 0 Å². The second kappa shape index (κ2) is 8.35. The number of rotatable bonds is 9. The van der Waals surface area contributed by atoms with Crippen molar-refractivity contribution in [2.45, 2.75) is 44.9 Å². The van der Waals surface area contributed by atoms with Crippen LogP contribution >= 0.6 is 0 Å². The molecule has 0 heterocycles. The Labute approximate surface area is 120 Å². The number of methoxy groups -OCH3 is 1. The van der Waals surface area contributed by atoms with Crippen molar-refractivity contribution in [1.29, 1.82) is 0 Å². The zero-order chi connectivity index (χ0) is 15.0. The molecule has 0 bridgehead atoms. The molecule has 0 spiro atoms. The number of hydrogen-bond acceptors (Lipinski definition) is 3. The second-order valence-corrected chi connectivity index (χ2v) is 5.00. The lowest BCUT2D eigenvalue weighted by Crippen LogP contribution is -2.22. The van der Waals surface area contributed by atoms with Crippen molar-refractivity contribution in [3.8, 4) is 5.75 Å². The summed E-state index contributed by atoms with van der Waals surface area (Å²) in [4.78, 5) is 22.5. The summed E-state index contributed by atoms with van der Waals surface area (Å²) >= 11 is 0. The molecule has 110 valence electrons. The van der Waals surface area contributed by atoms with Crippen molar-refractivity contribution >= 4 is 11.7 Å². The molecule has 0 aromatic heterocycles. The van der Waals surface area contributed by atoms with Gasteiger partial charge in [-0.05, 0) is 25.8 Å².